The molecule has 2 aromatic rings. The van der Waals surface area contributed by atoms with Crippen molar-refractivity contribution < 1.29 is 29.0 Å². The summed E-state index contributed by atoms with van der Waals surface area (Å²) in [5.41, 5.74) is 3.64. The summed E-state index contributed by atoms with van der Waals surface area (Å²) >= 11 is 0. The first-order chi connectivity index (χ1) is 15.2. The smallest absolute Gasteiger partial charge is 0.408 e. The first-order valence-corrected chi connectivity index (χ1v) is 10.3. The van der Waals surface area contributed by atoms with Crippen LogP contribution in [0.25, 0.3) is 0 Å². The fourth-order valence-corrected chi connectivity index (χ4v) is 3.27. The molecule has 3 atom stereocenters. The van der Waals surface area contributed by atoms with E-state index in [1.165, 1.54) is 14.0 Å². The highest BCUT2D eigenvalue weighted by Gasteiger charge is 2.31. The number of esters is 1. The summed E-state index contributed by atoms with van der Waals surface area (Å²) in [4.78, 5) is 37.3. The van der Waals surface area contributed by atoms with Gasteiger partial charge in [0.25, 0.3) is 0 Å². The Morgan fingerprint density at radius 3 is 2.16 bits per heavy atom. The number of carbonyl (C=O) groups excluding carboxylic acids is 3. The van der Waals surface area contributed by atoms with Crippen molar-refractivity contribution in [3.63, 3.8) is 0 Å². The van der Waals surface area contributed by atoms with Crippen molar-refractivity contribution in [2.45, 2.75) is 52.0 Å². The third-order valence-corrected chi connectivity index (χ3v) is 5.11. The Morgan fingerprint density at radius 1 is 0.969 bits per heavy atom. The maximum absolute atomic E-state index is 12.8. The molecule has 0 saturated heterocycles. The van der Waals surface area contributed by atoms with E-state index in [1.807, 2.05) is 50.2 Å². The van der Waals surface area contributed by atoms with Crippen molar-refractivity contribution in [1.82, 2.24) is 10.6 Å². The molecule has 0 bridgehead atoms. The average molecular weight is 443 g/mol. The first kappa shape index (κ1) is 24.9. The van der Waals surface area contributed by atoms with E-state index in [4.69, 9.17) is 9.47 Å². The molecular weight excluding hydrogens is 412 g/mol. The van der Waals surface area contributed by atoms with Gasteiger partial charge in [-0.15, -0.1) is 0 Å². The Kier molecular flexibility index (Phi) is 9.22. The highest BCUT2D eigenvalue weighted by Crippen LogP contribution is 2.16. The summed E-state index contributed by atoms with van der Waals surface area (Å²) in [6.45, 7) is 5.21. The Balaban J connectivity index is 2.07. The van der Waals surface area contributed by atoms with Gasteiger partial charge in [-0.3, -0.25) is 4.79 Å². The topological polar surface area (TPSA) is 114 Å². The SMILES string of the molecule is COC(=O)[C@H](Cc1c(C)cccc1C)NC(=O)[C@@H](NC(=O)OCc1ccccc1)[C@@H](C)O. The number of carbonyl (C=O) groups is 3. The van der Waals surface area contributed by atoms with Gasteiger partial charge in [0.2, 0.25) is 5.91 Å². The minimum absolute atomic E-state index is 0.0121. The van der Waals surface area contributed by atoms with Crippen molar-refractivity contribution in [3.05, 3.63) is 70.8 Å². The lowest BCUT2D eigenvalue weighted by molar-refractivity contribution is -0.145. The molecule has 0 spiro atoms. The molecule has 0 aromatic heterocycles. The van der Waals surface area contributed by atoms with Crippen molar-refractivity contribution in [2.24, 2.45) is 0 Å². The van der Waals surface area contributed by atoms with E-state index in [9.17, 15) is 19.5 Å². The van der Waals surface area contributed by atoms with Crippen LogP contribution in [0.5, 0.6) is 0 Å². The zero-order valence-corrected chi connectivity index (χ0v) is 18.8. The summed E-state index contributed by atoms with van der Waals surface area (Å²) < 4.78 is 9.97. The summed E-state index contributed by atoms with van der Waals surface area (Å²) in [5, 5.41) is 15.0. The van der Waals surface area contributed by atoms with Crippen LogP contribution in [0, 0.1) is 13.8 Å². The zero-order valence-electron chi connectivity index (χ0n) is 18.8. The number of hydrogen-bond acceptors (Lipinski definition) is 6. The molecule has 0 aliphatic carbocycles. The molecule has 172 valence electrons. The number of aryl methyl sites for hydroxylation is 2. The average Bonchev–Trinajstić information content (AvgIpc) is 2.77. The highest BCUT2D eigenvalue weighted by molar-refractivity contribution is 5.90. The van der Waals surface area contributed by atoms with Gasteiger partial charge < -0.3 is 25.2 Å². The van der Waals surface area contributed by atoms with Gasteiger partial charge in [-0.05, 0) is 43.0 Å². The molecular formula is C24H30N2O6. The lowest BCUT2D eigenvalue weighted by Crippen LogP contribution is -2.56. The maximum Gasteiger partial charge on any atom is 0.408 e. The standard InChI is InChI=1S/C24H30N2O6/c1-15-9-8-10-16(2)19(15)13-20(23(29)31-4)25-22(28)21(17(3)27)26-24(30)32-14-18-11-6-5-7-12-18/h5-12,17,20-21,27H,13-14H2,1-4H3,(H,25,28)(H,26,30)/t17-,20+,21+/m1/s1. The van der Waals surface area contributed by atoms with E-state index < -0.39 is 36.2 Å². The van der Waals surface area contributed by atoms with Gasteiger partial charge in [0.05, 0.1) is 13.2 Å². The monoisotopic (exact) mass is 442 g/mol. The predicted octanol–water partition coefficient (Wildman–Crippen LogP) is 2.18. The van der Waals surface area contributed by atoms with Gasteiger partial charge in [0.1, 0.15) is 18.7 Å². The number of alkyl carbamates (subject to hydrolysis) is 1. The van der Waals surface area contributed by atoms with Gasteiger partial charge in [-0.1, -0.05) is 48.5 Å². The molecule has 0 aliphatic heterocycles. The van der Waals surface area contributed by atoms with Gasteiger partial charge in [0, 0.05) is 6.42 Å². The molecule has 0 aliphatic rings. The highest BCUT2D eigenvalue weighted by atomic mass is 16.5. The van der Waals surface area contributed by atoms with Crippen LogP contribution in [-0.4, -0.2) is 48.4 Å². The lowest BCUT2D eigenvalue weighted by atomic mass is 9.96. The minimum Gasteiger partial charge on any atom is -0.467 e. The van der Waals surface area contributed by atoms with E-state index in [0.717, 1.165) is 22.3 Å². The second-order valence-corrected chi connectivity index (χ2v) is 7.58. The Bertz CT molecular complexity index is 909. The van der Waals surface area contributed by atoms with E-state index in [-0.39, 0.29) is 13.0 Å². The number of methoxy groups -OCH3 is 1. The van der Waals surface area contributed by atoms with Crippen LogP contribution < -0.4 is 10.6 Å². The molecule has 0 radical (unpaired) electrons. The fraction of sp³-hybridized carbons (Fsp3) is 0.375. The largest absolute Gasteiger partial charge is 0.467 e. The van der Waals surface area contributed by atoms with Crippen LogP contribution in [0.1, 0.15) is 29.2 Å². The normalized spacial score (nSPS) is 13.4. The zero-order chi connectivity index (χ0) is 23.7. The molecule has 2 amide bonds. The Morgan fingerprint density at radius 2 is 1.59 bits per heavy atom. The molecule has 2 aromatic carbocycles. The minimum atomic E-state index is -1.32. The number of ether oxygens (including phenoxy) is 2. The number of nitrogens with one attached hydrogen (secondary N) is 2. The van der Waals surface area contributed by atoms with Gasteiger partial charge >= 0.3 is 12.1 Å². The summed E-state index contributed by atoms with van der Waals surface area (Å²) in [7, 11) is 1.23. The van der Waals surface area contributed by atoms with Gasteiger partial charge in [-0.2, -0.15) is 0 Å². The number of aliphatic hydroxyl groups excluding tert-OH is 1. The van der Waals surface area contributed by atoms with Gasteiger partial charge in [-0.25, -0.2) is 9.59 Å². The van der Waals surface area contributed by atoms with Crippen molar-refractivity contribution >= 4 is 18.0 Å². The molecule has 0 fully saturated rings. The predicted molar refractivity (Wildman–Crippen MR) is 119 cm³/mol. The van der Waals surface area contributed by atoms with E-state index in [1.54, 1.807) is 12.1 Å². The molecule has 8 heteroatoms. The fourth-order valence-electron chi connectivity index (χ4n) is 3.27. The third-order valence-electron chi connectivity index (χ3n) is 5.11. The Labute approximate surface area is 187 Å². The third kappa shape index (κ3) is 7.09. The summed E-state index contributed by atoms with van der Waals surface area (Å²) in [5.74, 6) is -1.35. The van der Waals surface area contributed by atoms with Crippen molar-refractivity contribution in [1.29, 1.82) is 0 Å². The molecule has 0 unspecified atom stereocenters. The van der Waals surface area contributed by atoms with Crippen LogP contribution in [0.2, 0.25) is 0 Å². The second-order valence-electron chi connectivity index (χ2n) is 7.58. The number of aliphatic hydroxyl groups is 1. The van der Waals surface area contributed by atoms with E-state index >= 15 is 0 Å². The Hall–Kier alpha value is -3.39. The maximum atomic E-state index is 12.8. The number of amides is 2. The lowest BCUT2D eigenvalue weighted by Gasteiger charge is -2.24. The van der Waals surface area contributed by atoms with Crippen LogP contribution in [0.15, 0.2) is 48.5 Å². The van der Waals surface area contributed by atoms with Crippen molar-refractivity contribution in [2.75, 3.05) is 7.11 Å². The van der Waals surface area contributed by atoms with Crippen LogP contribution in [0.3, 0.4) is 0 Å². The summed E-state index contributed by atoms with van der Waals surface area (Å²) in [6, 6.07) is 12.5. The molecule has 0 saturated carbocycles. The van der Waals surface area contributed by atoms with Crippen LogP contribution >= 0.6 is 0 Å². The molecule has 32 heavy (non-hydrogen) atoms. The molecule has 2 rings (SSSR count). The second kappa shape index (κ2) is 11.9. The first-order valence-electron chi connectivity index (χ1n) is 10.3. The summed E-state index contributed by atoms with van der Waals surface area (Å²) in [6.07, 6.45) is -1.88. The van der Waals surface area contributed by atoms with E-state index in [2.05, 4.69) is 10.6 Å². The molecule has 8 nitrogen and oxygen atoms in total. The van der Waals surface area contributed by atoms with Crippen LogP contribution in [-0.2, 0) is 32.1 Å². The quantitative estimate of drug-likeness (QED) is 0.513. The van der Waals surface area contributed by atoms with Gasteiger partial charge in [0.15, 0.2) is 0 Å². The molecule has 0 heterocycles. The number of benzene rings is 2. The molecule has 3 N–H and O–H groups in total. The van der Waals surface area contributed by atoms with Crippen LogP contribution in [0.4, 0.5) is 4.79 Å². The number of rotatable bonds is 9. The van der Waals surface area contributed by atoms with E-state index in [0.29, 0.717) is 0 Å². The van der Waals surface area contributed by atoms with Crippen molar-refractivity contribution in [3.8, 4) is 0 Å². The number of hydrogen-bond donors (Lipinski definition) is 3.